The lowest BCUT2D eigenvalue weighted by atomic mass is 10.1. The van der Waals surface area contributed by atoms with Gasteiger partial charge in [0.1, 0.15) is 0 Å². The largest absolute Gasteiger partial charge is 0.342 e. The van der Waals surface area contributed by atoms with E-state index in [1.807, 2.05) is 0 Å². The van der Waals surface area contributed by atoms with Gasteiger partial charge in [0.15, 0.2) is 11.6 Å². The molecule has 1 saturated heterocycles. The first-order valence-corrected chi connectivity index (χ1v) is 9.02. The van der Waals surface area contributed by atoms with E-state index in [-0.39, 0.29) is 23.8 Å². The quantitative estimate of drug-likeness (QED) is 0.855. The smallest absolute Gasteiger partial charge is 0.226 e. The summed E-state index contributed by atoms with van der Waals surface area (Å²) >= 11 is 0. The molecule has 1 aliphatic carbocycles. The minimum atomic E-state index is -0.862. The minimum absolute atomic E-state index is 0.0113. The van der Waals surface area contributed by atoms with Crippen LogP contribution in [0.1, 0.15) is 30.7 Å². The van der Waals surface area contributed by atoms with Crippen molar-refractivity contribution in [3.8, 4) is 0 Å². The molecule has 1 aliphatic heterocycles. The standard InChI is InChI=1S/C16H19F2NO2S/c1-19(11-4-6-22(21)7-5-11)16(20)13-9-12(13)10-2-3-14(17)15(18)8-10/h2-3,8,11-13H,4-7,9H2,1H3/t11?,12-,13-,22?/m1/s1. The van der Waals surface area contributed by atoms with Crippen LogP contribution >= 0.6 is 0 Å². The Morgan fingerprint density at radius 1 is 1.23 bits per heavy atom. The molecule has 1 aromatic carbocycles. The second-order valence-corrected chi connectivity index (χ2v) is 7.85. The van der Waals surface area contributed by atoms with Gasteiger partial charge in [0.05, 0.1) is 0 Å². The van der Waals surface area contributed by atoms with E-state index < -0.39 is 22.4 Å². The molecule has 2 atom stereocenters. The normalized spacial score (nSPS) is 30.9. The van der Waals surface area contributed by atoms with E-state index in [4.69, 9.17) is 0 Å². The number of halogens is 2. The molecule has 0 aromatic heterocycles. The molecular weight excluding hydrogens is 308 g/mol. The highest BCUT2D eigenvalue weighted by Gasteiger charge is 2.46. The first-order valence-electron chi connectivity index (χ1n) is 7.54. The van der Waals surface area contributed by atoms with Crippen molar-refractivity contribution in [1.29, 1.82) is 0 Å². The highest BCUT2D eigenvalue weighted by atomic mass is 32.2. The summed E-state index contributed by atoms with van der Waals surface area (Å²) in [6, 6.07) is 4.01. The van der Waals surface area contributed by atoms with E-state index >= 15 is 0 Å². The predicted molar refractivity (Wildman–Crippen MR) is 80.9 cm³/mol. The van der Waals surface area contributed by atoms with Gasteiger partial charge in [0.25, 0.3) is 0 Å². The van der Waals surface area contributed by atoms with Crippen LogP contribution in [-0.4, -0.2) is 39.6 Å². The first kappa shape index (κ1) is 15.6. The van der Waals surface area contributed by atoms with E-state index in [2.05, 4.69) is 0 Å². The van der Waals surface area contributed by atoms with Crippen LogP contribution in [0.15, 0.2) is 18.2 Å². The third-order valence-corrected chi connectivity index (χ3v) is 6.11. The second-order valence-electron chi connectivity index (χ2n) is 6.15. The van der Waals surface area contributed by atoms with Crippen LogP contribution in [0.5, 0.6) is 0 Å². The Morgan fingerprint density at radius 3 is 2.55 bits per heavy atom. The number of hydrogen-bond acceptors (Lipinski definition) is 2. The molecule has 0 spiro atoms. The van der Waals surface area contributed by atoms with E-state index in [1.54, 1.807) is 18.0 Å². The molecule has 3 nitrogen and oxygen atoms in total. The lowest BCUT2D eigenvalue weighted by Gasteiger charge is -2.31. The molecule has 1 saturated carbocycles. The van der Waals surface area contributed by atoms with E-state index in [0.29, 0.717) is 23.5 Å². The summed E-state index contributed by atoms with van der Waals surface area (Å²) in [5, 5.41) is 0. The summed E-state index contributed by atoms with van der Waals surface area (Å²) in [5.41, 5.74) is 0.690. The fraction of sp³-hybridized carbons (Fsp3) is 0.562. The molecule has 6 heteroatoms. The van der Waals surface area contributed by atoms with Gasteiger partial charge in [0, 0.05) is 41.3 Å². The molecule has 1 heterocycles. The zero-order valence-corrected chi connectivity index (χ0v) is 13.2. The number of nitrogens with zero attached hydrogens (tertiary/aromatic N) is 1. The molecular formula is C16H19F2NO2S. The molecule has 22 heavy (non-hydrogen) atoms. The number of benzene rings is 1. The molecule has 0 bridgehead atoms. The fourth-order valence-electron chi connectivity index (χ4n) is 3.19. The molecule has 0 radical (unpaired) electrons. The van der Waals surface area contributed by atoms with Gasteiger partial charge in [-0.1, -0.05) is 6.07 Å². The van der Waals surface area contributed by atoms with Gasteiger partial charge in [-0.2, -0.15) is 0 Å². The van der Waals surface area contributed by atoms with Gasteiger partial charge in [-0.25, -0.2) is 8.78 Å². The number of carbonyl (C=O) groups is 1. The lowest BCUT2D eigenvalue weighted by molar-refractivity contribution is -0.133. The van der Waals surface area contributed by atoms with Crippen LogP contribution in [0.4, 0.5) is 8.78 Å². The topological polar surface area (TPSA) is 37.4 Å². The highest BCUT2D eigenvalue weighted by molar-refractivity contribution is 7.85. The average Bonchev–Trinajstić information content (AvgIpc) is 3.30. The van der Waals surface area contributed by atoms with Crippen LogP contribution in [-0.2, 0) is 15.6 Å². The van der Waals surface area contributed by atoms with Crippen molar-refractivity contribution >= 4 is 16.7 Å². The number of hydrogen-bond donors (Lipinski definition) is 0. The Balaban J connectivity index is 1.62. The zero-order chi connectivity index (χ0) is 15.9. The first-order chi connectivity index (χ1) is 10.5. The van der Waals surface area contributed by atoms with E-state index in [9.17, 15) is 17.8 Å². The monoisotopic (exact) mass is 327 g/mol. The molecule has 0 unspecified atom stereocenters. The van der Waals surface area contributed by atoms with Crippen molar-refractivity contribution < 1.29 is 17.8 Å². The summed E-state index contributed by atoms with van der Waals surface area (Å²) in [6.07, 6.45) is 2.24. The second kappa shape index (κ2) is 6.07. The fourth-order valence-corrected chi connectivity index (χ4v) is 4.46. The molecule has 1 amide bonds. The Bertz CT molecular complexity index is 612. The predicted octanol–water partition coefficient (Wildman–Crippen LogP) is 2.44. The van der Waals surface area contributed by atoms with Crippen LogP contribution in [0, 0.1) is 17.6 Å². The van der Waals surface area contributed by atoms with Crippen molar-refractivity contribution in [2.24, 2.45) is 5.92 Å². The number of carbonyl (C=O) groups excluding carboxylic acids is 1. The van der Waals surface area contributed by atoms with Crippen molar-refractivity contribution in [3.63, 3.8) is 0 Å². The summed E-state index contributed by atoms with van der Waals surface area (Å²) in [6.45, 7) is 0. The molecule has 3 rings (SSSR count). The van der Waals surface area contributed by atoms with Gasteiger partial charge in [-0.05, 0) is 42.9 Å². The van der Waals surface area contributed by atoms with Crippen molar-refractivity contribution in [2.75, 3.05) is 18.6 Å². The van der Waals surface area contributed by atoms with Gasteiger partial charge >= 0.3 is 0 Å². The van der Waals surface area contributed by atoms with Crippen LogP contribution < -0.4 is 0 Å². The van der Waals surface area contributed by atoms with Gasteiger partial charge in [-0.3, -0.25) is 9.00 Å². The molecule has 120 valence electrons. The van der Waals surface area contributed by atoms with Crippen molar-refractivity contribution in [2.45, 2.75) is 31.2 Å². The number of rotatable bonds is 3. The summed E-state index contributed by atoms with van der Waals surface area (Å²) in [4.78, 5) is 14.3. The van der Waals surface area contributed by atoms with Gasteiger partial charge < -0.3 is 4.90 Å². The molecule has 1 aromatic rings. The van der Waals surface area contributed by atoms with Crippen LogP contribution in [0.25, 0.3) is 0 Å². The summed E-state index contributed by atoms with van der Waals surface area (Å²) in [5.74, 6) is -0.505. The SMILES string of the molecule is CN(C(=O)[C@@H]1C[C@@H]1c1ccc(F)c(F)c1)C1CCS(=O)CC1. The van der Waals surface area contributed by atoms with Gasteiger partial charge in [0.2, 0.25) is 5.91 Å². The minimum Gasteiger partial charge on any atom is -0.342 e. The summed E-state index contributed by atoms with van der Waals surface area (Å²) in [7, 11) is 1.05. The Hall–Kier alpha value is -1.30. The van der Waals surface area contributed by atoms with Gasteiger partial charge in [-0.15, -0.1) is 0 Å². The maximum absolute atomic E-state index is 13.3. The third kappa shape index (κ3) is 3.07. The van der Waals surface area contributed by atoms with Crippen LogP contribution in [0.2, 0.25) is 0 Å². The molecule has 0 N–H and O–H groups in total. The average molecular weight is 327 g/mol. The maximum Gasteiger partial charge on any atom is 0.226 e. The number of amides is 1. The van der Waals surface area contributed by atoms with E-state index in [0.717, 1.165) is 18.9 Å². The summed E-state index contributed by atoms with van der Waals surface area (Å²) < 4.78 is 37.6. The third-order valence-electron chi connectivity index (χ3n) is 4.73. The zero-order valence-electron chi connectivity index (χ0n) is 12.4. The Labute approximate surface area is 131 Å². The van der Waals surface area contributed by atoms with E-state index in [1.165, 1.54) is 6.07 Å². The molecule has 2 aliphatic rings. The Morgan fingerprint density at radius 2 is 1.91 bits per heavy atom. The lowest BCUT2D eigenvalue weighted by Crippen LogP contribution is -2.42. The van der Waals surface area contributed by atoms with Crippen molar-refractivity contribution in [3.05, 3.63) is 35.4 Å². The van der Waals surface area contributed by atoms with Crippen molar-refractivity contribution in [1.82, 2.24) is 4.90 Å². The highest BCUT2D eigenvalue weighted by Crippen LogP contribution is 2.48. The Kier molecular flexibility index (Phi) is 4.30. The maximum atomic E-state index is 13.3. The van der Waals surface area contributed by atoms with Crippen LogP contribution in [0.3, 0.4) is 0 Å². The molecule has 2 fully saturated rings.